The number of pyridine rings is 1. The minimum atomic E-state index is -0.107. The van der Waals surface area contributed by atoms with Gasteiger partial charge in [0, 0.05) is 31.3 Å². The summed E-state index contributed by atoms with van der Waals surface area (Å²) >= 11 is 0. The zero-order valence-electron chi connectivity index (χ0n) is 19.9. The molecule has 0 spiro atoms. The molecule has 4 heterocycles. The van der Waals surface area contributed by atoms with E-state index in [2.05, 4.69) is 16.7 Å². The van der Waals surface area contributed by atoms with Crippen LogP contribution in [0, 0.1) is 0 Å². The largest absolute Gasteiger partial charge is 0.496 e. The van der Waals surface area contributed by atoms with Crippen molar-refractivity contribution in [3.8, 4) is 17.0 Å². The number of ether oxygens (including phenoxy) is 3. The first-order valence-electron chi connectivity index (χ1n) is 11.7. The van der Waals surface area contributed by atoms with Crippen molar-refractivity contribution < 1.29 is 19.3 Å². The number of anilines is 2. The van der Waals surface area contributed by atoms with Crippen molar-refractivity contribution in [1.82, 2.24) is 15.0 Å². The zero-order valence-corrected chi connectivity index (χ0v) is 19.9. The Morgan fingerprint density at radius 2 is 1.97 bits per heavy atom. The van der Waals surface area contributed by atoms with Gasteiger partial charge in [0.1, 0.15) is 11.6 Å². The van der Waals surface area contributed by atoms with E-state index >= 15 is 0 Å². The highest BCUT2D eigenvalue weighted by Crippen LogP contribution is 2.32. The highest BCUT2D eigenvalue weighted by atomic mass is 16.5. The first kappa shape index (κ1) is 22.8. The fraction of sp³-hybridized carbons (Fsp3) is 0.480. The van der Waals surface area contributed by atoms with Crippen LogP contribution in [0.4, 0.5) is 11.8 Å². The molecule has 9 nitrogen and oxygen atoms in total. The average Bonchev–Trinajstić information content (AvgIpc) is 3.42. The molecule has 9 heteroatoms. The second kappa shape index (κ2) is 9.69. The Hall–Kier alpha value is -3.01. The van der Waals surface area contributed by atoms with Gasteiger partial charge in [-0.2, -0.15) is 9.97 Å². The number of benzene rings is 1. The van der Waals surface area contributed by atoms with Crippen LogP contribution in [-0.2, 0) is 16.1 Å². The molecule has 2 aliphatic heterocycles. The lowest BCUT2D eigenvalue weighted by molar-refractivity contribution is 0.0987. The number of likely N-dealkylation sites (N-methyl/N-ethyl adjacent to an activating group) is 1. The second-order valence-corrected chi connectivity index (χ2v) is 8.85. The van der Waals surface area contributed by atoms with Crippen LogP contribution in [0.5, 0.6) is 5.75 Å². The van der Waals surface area contributed by atoms with Gasteiger partial charge in [-0.25, -0.2) is 4.98 Å². The molecule has 1 N–H and O–H groups in total. The molecule has 0 aliphatic carbocycles. The Bertz CT molecular complexity index is 1170. The Balaban J connectivity index is 1.62. The van der Waals surface area contributed by atoms with Crippen molar-refractivity contribution in [3.05, 3.63) is 35.9 Å². The number of aliphatic hydroxyl groups is 1. The lowest BCUT2D eigenvalue weighted by Crippen LogP contribution is -2.44. The Kier molecular flexibility index (Phi) is 6.49. The summed E-state index contributed by atoms with van der Waals surface area (Å²) in [6.45, 7) is 5.56. The Labute approximate surface area is 199 Å². The molecule has 2 aliphatic rings. The Morgan fingerprint density at radius 3 is 2.71 bits per heavy atom. The monoisotopic (exact) mass is 465 g/mol. The van der Waals surface area contributed by atoms with Crippen LogP contribution in [-0.4, -0.2) is 79.3 Å². The average molecular weight is 466 g/mol. The number of hydrogen-bond acceptors (Lipinski definition) is 9. The minimum absolute atomic E-state index is 0.107. The van der Waals surface area contributed by atoms with Gasteiger partial charge in [-0.15, -0.1) is 0 Å². The van der Waals surface area contributed by atoms with E-state index in [-0.39, 0.29) is 18.7 Å². The van der Waals surface area contributed by atoms with E-state index in [9.17, 15) is 5.11 Å². The predicted octanol–water partition coefficient (Wildman–Crippen LogP) is 2.64. The molecule has 5 rings (SSSR count). The van der Waals surface area contributed by atoms with Crippen LogP contribution in [0.25, 0.3) is 22.3 Å². The van der Waals surface area contributed by atoms with Crippen molar-refractivity contribution in [2.75, 3.05) is 56.9 Å². The van der Waals surface area contributed by atoms with Gasteiger partial charge in [0.25, 0.3) is 0 Å². The summed E-state index contributed by atoms with van der Waals surface area (Å²) in [5.41, 5.74) is 3.03. The molecule has 1 aromatic carbocycles. The maximum absolute atomic E-state index is 9.75. The van der Waals surface area contributed by atoms with Gasteiger partial charge in [0.05, 0.1) is 56.7 Å². The molecule has 34 heavy (non-hydrogen) atoms. The maximum atomic E-state index is 9.75. The number of fused-ring (bicyclic) bond motifs is 1. The third-order valence-corrected chi connectivity index (χ3v) is 6.68. The lowest BCUT2D eigenvalue weighted by Gasteiger charge is -2.35. The number of methoxy groups -OCH3 is 1. The second-order valence-electron chi connectivity index (χ2n) is 8.85. The van der Waals surface area contributed by atoms with Crippen molar-refractivity contribution in [3.63, 3.8) is 0 Å². The molecule has 0 bridgehead atoms. The molecule has 0 unspecified atom stereocenters. The highest BCUT2D eigenvalue weighted by molar-refractivity contribution is 5.90. The zero-order chi connectivity index (χ0) is 23.7. The van der Waals surface area contributed by atoms with E-state index in [1.165, 1.54) is 0 Å². The van der Waals surface area contributed by atoms with Gasteiger partial charge >= 0.3 is 0 Å². The standard InChI is InChI=1S/C25H31N5O4/c1-16-14-34-11-9-30(16)24-20-5-6-21(17-4-7-22(32-3)18(12-17)13-31)26-23(20)27-25(28-24)29(2)19-8-10-33-15-19/h4-7,12,16,19,31H,8-11,13-15H2,1-3H3/t16-,19+/m0/s1. The van der Waals surface area contributed by atoms with Gasteiger partial charge in [-0.3, -0.25) is 0 Å². The molecule has 2 saturated heterocycles. The summed E-state index contributed by atoms with van der Waals surface area (Å²) in [5.74, 6) is 2.18. The first-order chi connectivity index (χ1) is 16.6. The van der Waals surface area contributed by atoms with Gasteiger partial charge < -0.3 is 29.1 Å². The summed E-state index contributed by atoms with van der Waals surface area (Å²) in [7, 11) is 3.62. The maximum Gasteiger partial charge on any atom is 0.229 e. The molecular formula is C25H31N5O4. The molecule has 180 valence electrons. The van der Waals surface area contributed by atoms with Crippen LogP contribution < -0.4 is 14.5 Å². The van der Waals surface area contributed by atoms with Crippen LogP contribution in [0.1, 0.15) is 18.9 Å². The predicted molar refractivity (Wildman–Crippen MR) is 130 cm³/mol. The molecular weight excluding hydrogens is 434 g/mol. The summed E-state index contributed by atoms with van der Waals surface area (Å²) in [6.07, 6.45) is 0.949. The van der Waals surface area contributed by atoms with E-state index in [1.54, 1.807) is 7.11 Å². The Morgan fingerprint density at radius 1 is 1.12 bits per heavy atom. The molecule has 2 aromatic heterocycles. The van der Waals surface area contributed by atoms with Crippen LogP contribution >= 0.6 is 0 Å². The van der Waals surface area contributed by atoms with Gasteiger partial charge in [-0.05, 0) is 43.7 Å². The summed E-state index contributed by atoms with van der Waals surface area (Å²) < 4.78 is 16.6. The van der Waals surface area contributed by atoms with Crippen molar-refractivity contribution >= 4 is 22.8 Å². The van der Waals surface area contributed by atoms with Crippen LogP contribution in [0.2, 0.25) is 0 Å². The number of hydrogen-bond donors (Lipinski definition) is 1. The quantitative estimate of drug-likeness (QED) is 0.590. The van der Waals surface area contributed by atoms with E-state index < -0.39 is 0 Å². The van der Waals surface area contributed by atoms with E-state index in [1.807, 2.05) is 37.4 Å². The fourth-order valence-electron chi connectivity index (χ4n) is 4.61. The normalized spacial score (nSPS) is 20.6. The van der Waals surface area contributed by atoms with E-state index in [0.29, 0.717) is 42.7 Å². The number of rotatable bonds is 6. The van der Waals surface area contributed by atoms with Crippen LogP contribution in [0.15, 0.2) is 30.3 Å². The number of aromatic nitrogens is 3. The van der Waals surface area contributed by atoms with Gasteiger partial charge in [0.2, 0.25) is 5.95 Å². The third-order valence-electron chi connectivity index (χ3n) is 6.68. The minimum Gasteiger partial charge on any atom is -0.496 e. The van der Waals surface area contributed by atoms with Crippen LogP contribution in [0.3, 0.4) is 0 Å². The van der Waals surface area contributed by atoms with Crippen molar-refractivity contribution in [1.29, 1.82) is 0 Å². The van der Waals surface area contributed by atoms with E-state index in [0.717, 1.165) is 42.0 Å². The molecule has 0 saturated carbocycles. The smallest absolute Gasteiger partial charge is 0.229 e. The lowest BCUT2D eigenvalue weighted by atomic mass is 10.1. The summed E-state index contributed by atoms with van der Waals surface area (Å²) in [6, 6.07) is 10.2. The molecule has 2 atom stereocenters. The summed E-state index contributed by atoms with van der Waals surface area (Å²) in [4.78, 5) is 19.2. The molecule has 3 aromatic rings. The number of nitrogens with zero attached hydrogens (tertiary/aromatic N) is 5. The van der Waals surface area contributed by atoms with Crippen molar-refractivity contribution in [2.45, 2.75) is 32.0 Å². The third kappa shape index (κ3) is 4.26. The molecule has 0 radical (unpaired) electrons. The van der Waals surface area contributed by atoms with Crippen molar-refractivity contribution in [2.24, 2.45) is 0 Å². The summed E-state index contributed by atoms with van der Waals surface area (Å²) in [5, 5.41) is 10.7. The first-order valence-corrected chi connectivity index (χ1v) is 11.7. The van der Waals surface area contributed by atoms with E-state index in [4.69, 9.17) is 29.2 Å². The van der Waals surface area contributed by atoms with Gasteiger partial charge in [0.15, 0.2) is 5.65 Å². The fourth-order valence-corrected chi connectivity index (χ4v) is 4.61. The SMILES string of the molecule is COc1ccc(-c2ccc3c(N4CCOC[C@@H]4C)nc(N(C)[C@@H]4CCOC4)nc3n2)cc1CO. The molecule has 0 amide bonds. The number of aliphatic hydroxyl groups excluding tert-OH is 1. The molecule has 2 fully saturated rings. The van der Waals surface area contributed by atoms with Gasteiger partial charge in [-0.1, -0.05) is 0 Å². The highest BCUT2D eigenvalue weighted by Gasteiger charge is 2.27. The topological polar surface area (TPSA) is 93.1 Å². The number of morpholine rings is 1.